The summed E-state index contributed by atoms with van der Waals surface area (Å²) < 4.78 is 19.1. The first-order chi connectivity index (χ1) is 21.0. The zero-order chi connectivity index (χ0) is 32.2. The minimum absolute atomic E-state index is 0.0346. The SMILES string of the molecule is CCOC(=O)CCCCOc1nc(C(CC)(CC)c2ccc(Br)cc2)nc(C)c1CCC(OCc1ccccc1)C(C)(C)C. The first kappa shape index (κ1) is 35.7. The molecule has 0 aliphatic rings. The zero-order valence-electron chi connectivity index (χ0n) is 27.7. The molecular formula is C37H51BrN2O4. The molecule has 1 unspecified atom stereocenters. The Morgan fingerprint density at radius 2 is 1.61 bits per heavy atom. The predicted octanol–water partition coefficient (Wildman–Crippen LogP) is 9.33. The standard InChI is InChI=1S/C37H51BrN2O4/c1-8-37(9-2,29-19-21-30(38)22-20-29)35-39-27(4)31(34(40-35)43-25-15-14-18-33(41)42-10-3)23-24-32(36(5,6)7)44-26-28-16-12-11-13-17-28/h11-13,16-17,19-22,32H,8-10,14-15,18,23-26H2,1-7H3. The van der Waals surface area contributed by atoms with Gasteiger partial charge in [0.15, 0.2) is 0 Å². The van der Waals surface area contributed by atoms with E-state index in [4.69, 9.17) is 24.2 Å². The molecule has 1 heterocycles. The molecule has 3 rings (SSSR count). The second kappa shape index (κ2) is 17.1. The average Bonchev–Trinajstić information content (AvgIpc) is 2.99. The van der Waals surface area contributed by atoms with Crippen LogP contribution in [0.1, 0.15) is 108 Å². The summed E-state index contributed by atoms with van der Waals surface area (Å²) in [6.45, 7) is 16.4. The van der Waals surface area contributed by atoms with Crippen molar-refractivity contribution < 1.29 is 19.0 Å². The number of carbonyl (C=O) groups is 1. The van der Waals surface area contributed by atoms with E-state index in [9.17, 15) is 4.79 Å². The van der Waals surface area contributed by atoms with Crippen molar-refractivity contribution in [1.29, 1.82) is 0 Å². The fourth-order valence-electron chi connectivity index (χ4n) is 5.65. The van der Waals surface area contributed by atoms with Gasteiger partial charge >= 0.3 is 5.97 Å². The van der Waals surface area contributed by atoms with E-state index < -0.39 is 0 Å². The number of halogens is 1. The normalized spacial score (nSPS) is 12.6. The van der Waals surface area contributed by atoms with Gasteiger partial charge in [-0.3, -0.25) is 4.79 Å². The average molecular weight is 668 g/mol. The third-order valence-corrected chi connectivity index (χ3v) is 8.97. The third-order valence-electron chi connectivity index (χ3n) is 8.44. The molecule has 2 aromatic carbocycles. The van der Waals surface area contributed by atoms with Crippen LogP contribution in [-0.4, -0.2) is 35.3 Å². The summed E-state index contributed by atoms with van der Waals surface area (Å²) in [7, 11) is 0. The van der Waals surface area contributed by atoms with Gasteiger partial charge in [-0.15, -0.1) is 0 Å². The maximum atomic E-state index is 11.8. The summed E-state index contributed by atoms with van der Waals surface area (Å²) in [4.78, 5) is 22.2. The van der Waals surface area contributed by atoms with Crippen molar-refractivity contribution >= 4 is 21.9 Å². The first-order valence-electron chi connectivity index (χ1n) is 16.1. The molecule has 1 aromatic heterocycles. The van der Waals surface area contributed by atoms with Crippen molar-refractivity contribution in [2.75, 3.05) is 13.2 Å². The summed E-state index contributed by atoms with van der Waals surface area (Å²) in [5.74, 6) is 1.27. The first-order valence-corrected chi connectivity index (χ1v) is 16.9. The minimum atomic E-state index is -0.335. The molecule has 3 aromatic rings. The van der Waals surface area contributed by atoms with E-state index in [1.165, 1.54) is 11.1 Å². The molecule has 0 N–H and O–H groups in total. The number of aryl methyl sites for hydroxylation is 1. The van der Waals surface area contributed by atoms with Crippen molar-refractivity contribution in [3.8, 4) is 5.88 Å². The Hall–Kier alpha value is -2.77. The predicted molar refractivity (Wildman–Crippen MR) is 181 cm³/mol. The van der Waals surface area contributed by atoms with Gasteiger partial charge in [0.1, 0.15) is 5.82 Å². The number of nitrogens with zero attached hydrogens (tertiary/aromatic N) is 2. The van der Waals surface area contributed by atoms with E-state index in [1.54, 1.807) is 0 Å². The van der Waals surface area contributed by atoms with E-state index in [0.717, 1.165) is 53.7 Å². The van der Waals surface area contributed by atoms with Gasteiger partial charge in [0.25, 0.3) is 0 Å². The van der Waals surface area contributed by atoms with Gasteiger partial charge in [-0.2, -0.15) is 4.98 Å². The summed E-state index contributed by atoms with van der Waals surface area (Å²) in [6, 6.07) is 18.8. The molecule has 0 radical (unpaired) electrons. The quantitative estimate of drug-likeness (QED) is 0.106. The highest BCUT2D eigenvalue weighted by molar-refractivity contribution is 9.10. The largest absolute Gasteiger partial charge is 0.477 e. The Balaban J connectivity index is 1.90. The lowest BCUT2D eigenvalue weighted by atomic mass is 9.75. The van der Waals surface area contributed by atoms with E-state index >= 15 is 0 Å². The topological polar surface area (TPSA) is 70.5 Å². The van der Waals surface area contributed by atoms with Crippen molar-refractivity contribution in [2.45, 2.75) is 112 Å². The van der Waals surface area contributed by atoms with Crippen LogP contribution in [0, 0.1) is 12.3 Å². The zero-order valence-corrected chi connectivity index (χ0v) is 29.3. The second-order valence-corrected chi connectivity index (χ2v) is 13.4. The molecule has 1 atom stereocenters. The van der Waals surface area contributed by atoms with Crippen LogP contribution in [0.2, 0.25) is 0 Å². The molecule has 0 spiro atoms. The van der Waals surface area contributed by atoms with Gasteiger partial charge in [-0.1, -0.05) is 93.0 Å². The van der Waals surface area contributed by atoms with Crippen molar-refractivity contribution in [2.24, 2.45) is 5.41 Å². The third kappa shape index (κ3) is 9.87. The van der Waals surface area contributed by atoms with Crippen LogP contribution in [0.25, 0.3) is 0 Å². The van der Waals surface area contributed by atoms with Gasteiger partial charge in [0, 0.05) is 22.2 Å². The molecule has 7 heteroatoms. The van der Waals surface area contributed by atoms with Gasteiger partial charge < -0.3 is 14.2 Å². The van der Waals surface area contributed by atoms with Crippen LogP contribution in [0.3, 0.4) is 0 Å². The number of aromatic nitrogens is 2. The fraction of sp³-hybridized carbons (Fsp3) is 0.541. The van der Waals surface area contributed by atoms with Crippen LogP contribution in [-0.2, 0) is 32.7 Å². The number of hydrogen-bond donors (Lipinski definition) is 0. The highest BCUT2D eigenvalue weighted by Gasteiger charge is 2.35. The molecular weight excluding hydrogens is 616 g/mol. The second-order valence-electron chi connectivity index (χ2n) is 12.5. The Morgan fingerprint density at radius 1 is 0.932 bits per heavy atom. The smallest absolute Gasteiger partial charge is 0.305 e. The minimum Gasteiger partial charge on any atom is -0.477 e. The van der Waals surface area contributed by atoms with E-state index in [1.807, 2.05) is 25.1 Å². The number of ether oxygens (including phenoxy) is 3. The van der Waals surface area contributed by atoms with Gasteiger partial charge in [0.05, 0.1) is 31.3 Å². The highest BCUT2D eigenvalue weighted by Crippen LogP contribution is 2.39. The Bertz CT molecular complexity index is 1300. The molecule has 0 saturated carbocycles. The summed E-state index contributed by atoms with van der Waals surface area (Å²) in [6.07, 6.45) is 5.15. The molecule has 6 nitrogen and oxygen atoms in total. The van der Waals surface area contributed by atoms with Gasteiger partial charge in [0.2, 0.25) is 5.88 Å². The van der Waals surface area contributed by atoms with Crippen molar-refractivity contribution in [3.05, 3.63) is 87.3 Å². The maximum Gasteiger partial charge on any atom is 0.305 e. The summed E-state index contributed by atoms with van der Waals surface area (Å²) >= 11 is 3.58. The summed E-state index contributed by atoms with van der Waals surface area (Å²) in [5.41, 5.74) is 3.95. The lowest BCUT2D eigenvalue weighted by Gasteiger charge is -2.33. The molecule has 44 heavy (non-hydrogen) atoms. The number of hydrogen-bond acceptors (Lipinski definition) is 6. The number of benzene rings is 2. The van der Waals surface area contributed by atoms with E-state index in [2.05, 4.69) is 93.9 Å². The van der Waals surface area contributed by atoms with Crippen molar-refractivity contribution in [3.63, 3.8) is 0 Å². The highest BCUT2D eigenvalue weighted by atomic mass is 79.9. The molecule has 0 aliphatic carbocycles. The molecule has 240 valence electrons. The maximum absolute atomic E-state index is 11.8. The van der Waals surface area contributed by atoms with Crippen LogP contribution < -0.4 is 4.74 Å². The van der Waals surface area contributed by atoms with E-state index in [-0.39, 0.29) is 22.9 Å². The summed E-state index contributed by atoms with van der Waals surface area (Å²) in [5, 5.41) is 0. The number of rotatable bonds is 17. The van der Waals surface area contributed by atoms with Gasteiger partial charge in [-0.25, -0.2) is 4.98 Å². The van der Waals surface area contributed by atoms with Crippen LogP contribution in [0.5, 0.6) is 5.88 Å². The number of esters is 1. The molecule has 0 amide bonds. The monoisotopic (exact) mass is 666 g/mol. The number of unbranched alkanes of at least 4 members (excludes halogenated alkanes) is 1. The lowest BCUT2D eigenvalue weighted by Crippen LogP contribution is -2.31. The molecule has 0 bridgehead atoms. The van der Waals surface area contributed by atoms with Crippen molar-refractivity contribution in [1.82, 2.24) is 9.97 Å². The molecule has 0 aliphatic heterocycles. The Kier molecular flexibility index (Phi) is 13.9. The van der Waals surface area contributed by atoms with Crippen LogP contribution in [0.4, 0.5) is 0 Å². The van der Waals surface area contributed by atoms with Gasteiger partial charge in [-0.05, 0) is 81.0 Å². The number of carbonyl (C=O) groups excluding carboxylic acids is 1. The van der Waals surface area contributed by atoms with E-state index in [0.29, 0.717) is 38.5 Å². The Labute approximate surface area is 273 Å². The molecule has 0 saturated heterocycles. The Morgan fingerprint density at radius 3 is 2.23 bits per heavy atom. The van der Waals surface area contributed by atoms with Crippen LogP contribution in [0.15, 0.2) is 59.1 Å². The fourth-order valence-corrected chi connectivity index (χ4v) is 5.91. The van der Waals surface area contributed by atoms with Crippen LogP contribution >= 0.6 is 15.9 Å². The molecule has 0 fully saturated rings. The lowest BCUT2D eigenvalue weighted by molar-refractivity contribution is -0.143.